The van der Waals surface area contributed by atoms with Gasteiger partial charge >= 0.3 is 8.56 Å². The molecular formula is C16H35NO3Si. The quantitative estimate of drug-likeness (QED) is 0.663. The molecule has 0 aromatic rings. The number of rotatable bonds is 9. The maximum Gasteiger partial charge on any atom is 0.371 e. The molecule has 1 fully saturated rings. The lowest BCUT2D eigenvalue weighted by Crippen LogP contribution is -2.69. The summed E-state index contributed by atoms with van der Waals surface area (Å²) >= 11 is 0. The molecule has 126 valence electrons. The minimum atomic E-state index is -2.38. The van der Waals surface area contributed by atoms with Gasteiger partial charge in [-0.05, 0) is 43.7 Å². The Morgan fingerprint density at radius 1 is 1.29 bits per heavy atom. The van der Waals surface area contributed by atoms with Gasteiger partial charge in [0.25, 0.3) is 0 Å². The first-order valence-electron chi connectivity index (χ1n) is 8.41. The van der Waals surface area contributed by atoms with E-state index in [2.05, 4.69) is 13.8 Å². The van der Waals surface area contributed by atoms with Gasteiger partial charge in [0.05, 0.1) is 0 Å². The lowest BCUT2D eigenvalue weighted by atomic mass is 9.85. The predicted molar refractivity (Wildman–Crippen MR) is 89.4 cm³/mol. The lowest BCUT2D eigenvalue weighted by molar-refractivity contribution is -0.0637. The van der Waals surface area contributed by atoms with Crippen LogP contribution in [0.15, 0.2) is 0 Å². The van der Waals surface area contributed by atoms with Crippen LogP contribution in [0.1, 0.15) is 52.4 Å². The minimum Gasteiger partial charge on any atom is -0.396 e. The SMILES string of the molecule is CCCCC1CCC[Si](OC)(OC)C1(CC(C)CN)OC. The number of ether oxygens (including phenoxy) is 1. The summed E-state index contributed by atoms with van der Waals surface area (Å²) in [6.07, 6.45) is 7.00. The number of unbranched alkanes of at least 4 members (excludes halogenated alkanes) is 1. The monoisotopic (exact) mass is 317 g/mol. The Labute approximate surface area is 132 Å². The summed E-state index contributed by atoms with van der Waals surface area (Å²) in [7, 11) is 3.07. The summed E-state index contributed by atoms with van der Waals surface area (Å²) in [4.78, 5) is 0. The predicted octanol–water partition coefficient (Wildman–Crippen LogP) is 3.23. The zero-order valence-corrected chi connectivity index (χ0v) is 15.6. The molecule has 0 aromatic carbocycles. The van der Waals surface area contributed by atoms with Gasteiger partial charge in [-0.15, -0.1) is 0 Å². The van der Waals surface area contributed by atoms with Crippen molar-refractivity contribution in [1.29, 1.82) is 0 Å². The molecule has 5 heteroatoms. The molecule has 21 heavy (non-hydrogen) atoms. The fourth-order valence-electron chi connectivity index (χ4n) is 4.13. The molecule has 2 N–H and O–H groups in total. The van der Waals surface area contributed by atoms with Crippen molar-refractivity contribution in [2.24, 2.45) is 17.6 Å². The van der Waals surface area contributed by atoms with Crippen LogP contribution in [0.3, 0.4) is 0 Å². The average molecular weight is 318 g/mol. The molecule has 3 unspecified atom stereocenters. The largest absolute Gasteiger partial charge is 0.396 e. The Kier molecular flexibility index (Phi) is 7.85. The van der Waals surface area contributed by atoms with E-state index in [-0.39, 0.29) is 5.22 Å². The first-order valence-corrected chi connectivity index (χ1v) is 10.4. The summed E-state index contributed by atoms with van der Waals surface area (Å²) < 4.78 is 18.3. The van der Waals surface area contributed by atoms with Gasteiger partial charge in [-0.25, -0.2) is 0 Å². The Hall–Kier alpha value is 0.0569. The molecule has 1 aliphatic rings. The average Bonchev–Trinajstić information content (AvgIpc) is 2.53. The number of methoxy groups -OCH3 is 1. The summed E-state index contributed by atoms with van der Waals surface area (Å²) in [6, 6.07) is 1.02. The third kappa shape index (κ3) is 3.70. The normalized spacial score (nSPS) is 30.3. The Bertz CT molecular complexity index is 299. The van der Waals surface area contributed by atoms with Crippen LogP contribution in [0.25, 0.3) is 0 Å². The number of hydrogen-bond donors (Lipinski definition) is 1. The van der Waals surface area contributed by atoms with Gasteiger partial charge in [0.1, 0.15) is 5.22 Å². The molecule has 0 aromatic heterocycles. The highest BCUT2D eigenvalue weighted by Gasteiger charge is 2.63. The Morgan fingerprint density at radius 3 is 2.43 bits per heavy atom. The van der Waals surface area contributed by atoms with Crippen LogP contribution in [0.2, 0.25) is 6.04 Å². The third-order valence-electron chi connectivity index (χ3n) is 5.35. The van der Waals surface area contributed by atoms with Crippen LogP contribution in [-0.4, -0.2) is 41.7 Å². The van der Waals surface area contributed by atoms with E-state index in [9.17, 15) is 0 Å². The van der Waals surface area contributed by atoms with Gasteiger partial charge in [0.15, 0.2) is 0 Å². The molecule has 0 amide bonds. The van der Waals surface area contributed by atoms with Crippen LogP contribution >= 0.6 is 0 Å². The van der Waals surface area contributed by atoms with Gasteiger partial charge < -0.3 is 19.3 Å². The van der Waals surface area contributed by atoms with Crippen LogP contribution in [0.4, 0.5) is 0 Å². The topological polar surface area (TPSA) is 53.7 Å². The molecule has 1 rings (SSSR count). The van der Waals surface area contributed by atoms with Gasteiger partial charge in [-0.1, -0.05) is 33.1 Å². The van der Waals surface area contributed by atoms with E-state index >= 15 is 0 Å². The molecule has 3 atom stereocenters. The zero-order valence-electron chi connectivity index (χ0n) is 14.6. The fraction of sp³-hybridized carbons (Fsp3) is 1.00. The summed E-state index contributed by atoms with van der Waals surface area (Å²) in [5, 5.41) is -0.261. The lowest BCUT2D eigenvalue weighted by Gasteiger charge is -2.53. The van der Waals surface area contributed by atoms with E-state index in [0.717, 1.165) is 12.5 Å². The second-order valence-corrected chi connectivity index (χ2v) is 10.2. The van der Waals surface area contributed by atoms with Gasteiger partial charge in [-0.3, -0.25) is 0 Å². The molecule has 1 heterocycles. The maximum atomic E-state index is 6.21. The Morgan fingerprint density at radius 2 is 1.95 bits per heavy atom. The van der Waals surface area contributed by atoms with Gasteiger partial charge in [-0.2, -0.15) is 0 Å². The second kappa shape index (κ2) is 8.63. The smallest absolute Gasteiger partial charge is 0.371 e. The minimum absolute atomic E-state index is 0.261. The molecule has 0 aliphatic carbocycles. The van der Waals surface area contributed by atoms with Crippen LogP contribution in [-0.2, 0) is 13.6 Å². The zero-order chi connectivity index (χ0) is 15.9. The van der Waals surface area contributed by atoms with Crippen molar-refractivity contribution in [3.05, 3.63) is 0 Å². The van der Waals surface area contributed by atoms with E-state index < -0.39 is 8.56 Å². The third-order valence-corrected chi connectivity index (χ3v) is 9.78. The highest BCUT2D eigenvalue weighted by molar-refractivity contribution is 6.70. The molecule has 0 radical (unpaired) electrons. The highest BCUT2D eigenvalue weighted by Crippen LogP contribution is 2.48. The summed E-state index contributed by atoms with van der Waals surface area (Å²) in [5.74, 6) is 0.945. The van der Waals surface area contributed by atoms with Crippen molar-refractivity contribution >= 4 is 8.56 Å². The van der Waals surface area contributed by atoms with E-state index in [1.807, 2.05) is 7.11 Å². The second-order valence-electron chi connectivity index (χ2n) is 6.53. The van der Waals surface area contributed by atoms with Crippen molar-refractivity contribution in [2.45, 2.75) is 63.6 Å². The van der Waals surface area contributed by atoms with Crippen molar-refractivity contribution in [2.75, 3.05) is 27.9 Å². The molecule has 1 aliphatic heterocycles. The highest BCUT2D eigenvalue weighted by atomic mass is 28.4. The first kappa shape index (κ1) is 19.1. The van der Waals surface area contributed by atoms with Crippen molar-refractivity contribution in [3.8, 4) is 0 Å². The fourth-order valence-corrected chi connectivity index (χ4v) is 8.37. The van der Waals surface area contributed by atoms with Gasteiger partial charge in [0.2, 0.25) is 0 Å². The molecule has 0 saturated carbocycles. The number of nitrogens with two attached hydrogens (primary N) is 1. The Balaban J connectivity index is 3.16. The van der Waals surface area contributed by atoms with E-state index in [0.29, 0.717) is 18.4 Å². The van der Waals surface area contributed by atoms with Crippen molar-refractivity contribution in [1.82, 2.24) is 0 Å². The van der Waals surface area contributed by atoms with Crippen LogP contribution < -0.4 is 5.73 Å². The van der Waals surface area contributed by atoms with E-state index in [4.69, 9.17) is 19.3 Å². The maximum absolute atomic E-state index is 6.21. The van der Waals surface area contributed by atoms with E-state index in [1.165, 1.54) is 32.1 Å². The van der Waals surface area contributed by atoms with Crippen LogP contribution in [0, 0.1) is 11.8 Å². The summed E-state index contributed by atoms with van der Waals surface area (Å²) in [6.45, 7) is 5.14. The standard InChI is InChI=1S/C16H35NO3Si/c1-6-7-9-15-10-8-11-21(19-4,20-5)16(15,18-3)12-14(2)13-17/h14-15H,6-13,17H2,1-5H3. The molecule has 0 bridgehead atoms. The van der Waals surface area contributed by atoms with Crippen molar-refractivity contribution in [3.63, 3.8) is 0 Å². The first-order chi connectivity index (χ1) is 10.1. The van der Waals surface area contributed by atoms with Gasteiger partial charge in [0, 0.05) is 21.3 Å². The molecule has 0 spiro atoms. The summed E-state index contributed by atoms with van der Waals surface area (Å²) in [5.41, 5.74) is 5.90. The van der Waals surface area contributed by atoms with Crippen molar-refractivity contribution < 1.29 is 13.6 Å². The molecular weight excluding hydrogens is 282 g/mol. The van der Waals surface area contributed by atoms with Crippen LogP contribution in [0.5, 0.6) is 0 Å². The van der Waals surface area contributed by atoms with E-state index in [1.54, 1.807) is 14.2 Å². The number of hydrogen-bond acceptors (Lipinski definition) is 4. The molecule has 1 saturated heterocycles. The molecule has 4 nitrogen and oxygen atoms in total.